The average molecular weight is 546 g/mol. The van der Waals surface area contributed by atoms with Gasteiger partial charge >= 0.3 is 0 Å². The number of hydrogen-bond acceptors (Lipinski definition) is 4. The zero-order valence-electron chi connectivity index (χ0n) is 21.1. The van der Waals surface area contributed by atoms with Crippen LogP contribution in [0.1, 0.15) is 41.1 Å². The molecule has 9 heteroatoms. The summed E-state index contributed by atoms with van der Waals surface area (Å²) in [5, 5.41) is 18.1. The lowest BCUT2D eigenvalue weighted by Crippen LogP contribution is -2.32. The lowest BCUT2D eigenvalue weighted by atomic mass is 9.96. The number of anilines is 1. The minimum Gasteiger partial charge on any atom is -0.506 e. The number of benzene rings is 2. The molecule has 2 aromatic heterocycles. The van der Waals surface area contributed by atoms with Gasteiger partial charge in [0, 0.05) is 41.3 Å². The quantitative estimate of drug-likeness (QED) is 0.253. The van der Waals surface area contributed by atoms with Crippen LogP contribution in [-0.2, 0) is 4.79 Å². The molecule has 194 valence electrons. The number of aromatic hydroxyl groups is 1. The van der Waals surface area contributed by atoms with E-state index in [4.69, 9.17) is 23.8 Å². The van der Waals surface area contributed by atoms with E-state index in [-0.39, 0.29) is 30.2 Å². The van der Waals surface area contributed by atoms with E-state index in [1.165, 1.54) is 0 Å². The lowest BCUT2D eigenvalue weighted by Gasteiger charge is -2.28. The molecule has 1 fully saturated rings. The summed E-state index contributed by atoms with van der Waals surface area (Å²) in [6.07, 6.45) is 2.02. The van der Waals surface area contributed by atoms with Gasteiger partial charge in [-0.25, -0.2) is 0 Å². The number of nitrogens with zero attached hydrogens (tertiary/aromatic N) is 3. The van der Waals surface area contributed by atoms with Gasteiger partial charge in [0.25, 0.3) is 0 Å². The molecule has 1 amide bonds. The third kappa shape index (κ3) is 5.10. The Morgan fingerprint density at radius 1 is 1.11 bits per heavy atom. The topological polar surface area (TPSA) is 82.4 Å². The molecule has 0 radical (unpaired) electrons. The molecule has 2 unspecified atom stereocenters. The summed E-state index contributed by atoms with van der Waals surface area (Å²) in [5.41, 5.74) is 5.12. The SMILES string of the molecule is Cc1cc(C2C(c3ccccn3)NC(=S)N2CCC(=O)Nc2ccccc2)c(C)n1-c1cc(Cl)ccc1O. The summed E-state index contributed by atoms with van der Waals surface area (Å²) in [5.74, 6) is 0.0480. The molecule has 3 N–H and O–H groups in total. The predicted octanol–water partition coefficient (Wildman–Crippen LogP) is 5.85. The number of hydrogen-bond donors (Lipinski definition) is 3. The van der Waals surface area contributed by atoms with Crippen molar-refractivity contribution < 1.29 is 9.90 Å². The molecule has 0 bridgehead atoms. The number of phenols is 1. The van der Waals surface area contributed by atoms with Crippen molar-refractivity contribution in [3.05, 3.63) is 107 Å². The lowest BCUT2D eigenvalue weighted by molar-refractivity contribution is -0.116. The zero-order valence-corrected chi connectivity index (χ0v) is 22.6. The van der Waals surface area contributed by atoms with Crippen molar-refractivity contribution in [3.63, 3.8) is 0 Å². The van der Waals surface area contributed by atoms with Crippen LogP contribution >= 0.6 is 23.8 Å². The van der Waals surface area contributed by atoms with E-state index >= 15 is 0 Å². The standard InChI is InChI=1S/C29H28ClN5O2S/c1-18-16-22(19(2)35(18)24-17-20(30)11-12-25(24)36)28-27(23-10-6-7-14-31-23)33-29(38)34(28)15-13-26(37)32-21-8-4-3-5-9-21/h3-12,14,16-17,27-28,36H,13,15H2,1-2H3,(H,32,37)(H,33,38). The van der Waals surface area contributed by atoms with Gasteiger partial charge in [0.15, 0.2) is 5.11 Å². The number of pyridine rings is 1. The Morgan fingerprint density at radius 3 is 2.61 bits per heavy atom. The summed E-state index contributed by atoms with van der Waals surface area (Å²) in [6, 6.07) is 21.9. The van der Waals surface area contributed by atoms with Crippen molar-refractivity contribution in [1.29, 1.82) is 0 Å². The Labute approximate surface area is 232 Å². The largest absolute Gasteiger partial charge is 0.506 e. The Morgan fingerprint density at radius 2 is 1.87 bits per heavy atom. The van der Waals surface area contributed by atoms with Gasteiger partial charge in [0.2, 0.25) is 5.91 Å². The molecule has 38 heavy (non-hydrogen) atoms. The highest BCUT2D eigenvalue weighted by molar-refractivity contribution is 7.80. The first kappa shape index (κ1) is 25.8. The van der Waals surface area contributed by atoms with E-state index in [2.05, 4.69) is 26.6 Å². The van der Waals surface area contributed by atoms with Crippen molar-refractivity contribution >= 4 is 40.5 Å². The maximum atomic E-state index is 12.8. The van der Waals surface area contributed by atoms with Crippen LogP contribution in [0, 0.1) is 13.8 Å². The minimum absolute atomic E-state index is 0.0895. The Hall–Kier alpha value is -3.88. The minimum atomic E-state index is -0.220. The molecule has 1 aliphatic rings. The fourth-order valence-corrected chi connectivity index (χ4v) is 5.58. The van der Waals surface area contributed by atoms with Gasteiger partial charge in [0.05, 0.1) is 23.5 Å². The molecule has 5 rings (SSSR count). The van der Waals surface area contributed by atoms with Crippen LogP contribution in [0.4, 0.5) is 5.69 Å². The summed E-state index contributed by atoms with van der Waals surface area (Å²) >= 11 is 12.1. The maximum Gasteiger partial charge on any atom is 0.226 e. The smallest absolute Gasteiger partial charge is 0.226 e. The number of nitrogens with one attached hydrogen (secondary N) is 2. The Kier molecular flexibility index (Phi) is 7.35. The number of halogens is 1. The fourth-order valence-electron chi connectivity index (χ4n) is 5.09. The average Bonchev–Trinajstić information content (AvgIpc) is 3.39. The molecule has 0 spiro atoms. The number of thiocarbonyl (C=S) groups is 1. The third-order valence-corrected chi connectivity index (χ3v) is 7.39. The second-order valence-corrected chi connectivity index (χ2v) is 10.1. The second kappa shape index (κ2) is 10.8. The molecule has 2 atom stereocenters. The predicted molar refractivity (Wildman–Crippen MR) is 154 cm³/mol. The van der Waals surface area contributed by atoms with Gasteiger partial charge < -0.3 is 25.2 Å². The first-order chi connectivity index (χ1) is 18.3. The third-order valence-electron chi connectivity index (χ3n) is 6.80. The molecule has 0 saturated carbocycles. The molecule has 0 aliphatic carbocycles. The monoisotopic (exact) mass is 545 g/mol. The second-order valence-electron chi connectivity index (χ2n) is 9.28. The van der Waals surface area contributed by atoms with Crippen LogP contribution in [-0.4, -0.2) is 37.1 Å². The number of phenolic OH excluding ortho intramolecular Hbond substituents is 1. The van der Waals surface area contributed by atoms with Crippen LogP contribution < -0.4 is 10.6 Å². The van der Waals surface area contributed by atoms with Crippen molar-refractivity contribution in [2.45, 2.75) is 32.4 Å². The molecular formula is C29H28ClN5O2S. The van der Waals surface area contributed by atoms with Crippen molar-refractivity contribution in [1.82, 2.24) is 19.8 Å². The van der Waals surface area contributed by atoms with Crippen molar-refractivity contribution in [2.24, 2.45) is 0 Å². The highest BCUT2D eigenvalue weighted by Gasteiger charge is 2.41. The number of rotatable bonds is 7. The van der Waals surface area contributed by atoms with Crippen LogP contribution in [0.5, 0.6) is 5.75 Å². The van der Waals surface area contributed by atoms with Gasteiger partial charge in [-0.1, -0.05) is 35.9 Å². The number of carbonyl (C=O) groups excluding carboxylic acids is 1. The van der Waals surface area contributed by atoms with Crippen LogP contribution in [0.2, 0.25) is 5.02 Å². The molecule has 2 aromatic carbocycles. The maximum absolute atomic E-state index is 12.8. The van der Waals surface area contributed by atoms with E-state index in [0.717, 1.165) is 28.3 Å². The summed E-state index contributed by atoms with van der Waals surface area (Å²) in [4.78, 5) is 19.5. The van der Waals surface area contributed by atoms with Crippen LogP contribution in [0.3, 0.4) is 0 Å². The number of carbonyl (C=O) groups is 1. The molecule has 1 saturated heterocycles. The van der Waals surface area contributed by atoms with E-state index in [0.29, 0.717) is 22.4 Å². The molecule has 4 aromatic rings. The van der Waals surface area contributed by atoms with E-state index in [1.807, 2.05) is 66.9 Å². The summed E-state index contributed by atoms with van der Waals surface area (Å²) in [6.45, 7) is 4.43. The first-order valence-electron chi connectivity index (χ1n) is 12.3. The van der Waals surface area contributed by atoms with Gasteiger partial charge in [-0.15, -0.1) is 0 Å². The van der Waals surface area contributed by atoms with Gasteiger partial charge in [-0.05, 0) is 80.2 Å². The van der Waals surface area contributed by atoms with E-state index in [1.54, 1.807) is 24.4 Å². The number of aromatic nitrogens is 2. The highest BCUT2D eigenvalue weighted by Crippen LogP contribution is 2.42. The summed E-state index contributed by atoms with van der Waals surface area (Å²) < 4.78 is 1.99. The fraction of sp³-hybridized carbons (Fsp3) is 0.207. The van der Waals surface area contributed by atoms with Gasteiger partial charge in [-0.2, -0.15) is 0 Å². The first-order valence-corrected chi connectivity index (χ1v) is 13.1. The number of aryl methyl sites for hydroxylation is 1. The summed E-state index contributed by atoms with van der Waals surface area (Å²) in [7, 11) is 0. The van der Waals surface area contributed by atoms with E-state index in [9.17, 15) is 9.90 Å². The Balaban J connectivity index is 1.50. The number of amides is 1. The van der Waals surface area contributed by atoms with Crippen molar-refractivity contribution in [2.75, 3.05) is 11.9 Å². The highest BCUT2D eigenvalue weighted by atomic mass is 35.5. The molecule has 7 nitrogen and oxygen atoms in total. The Bertz CT molecular complexity index is 1480. The zero-order chi connectivity index (χ0) is 26.8. The number of para-hydroxylation sites is 1. The van der Waals surface area contributed by atoms with Gasteiger partial charge in [-0.3, -0.25) is 9.78 Å². The van der Waals surface area contributed by atoms with Gasteiger partial charge in [0.1, 0.15) is 5.75 Å². The van der Waals surface area contributed by atoms with E-state index < -0.39 is 0 Å². The molecular weight excluding hydrogens is 518 g/mol. The van der Waals surface area contributed by atoms with Crippen molar-refractivity contribution in [3.8, 4) is 11.4 Å². The molecule has 3 heterocycles. The van der Waals surface area contributed by atoms with Crippen LogP contribution in [0.25, 0.3) is 5.69 Å². The normalized spacial score (nSPS) is 16.9. The molecule has 1 aliphatic heterocycles. The van der Waals surface area contributed by atoms with Crippen LogP contribution in [0.15, 0.2) is 79.0 Å².